The van der Waals surface area contributed by atoms with E-state index < -0.39 is 0 Å². The summed E-state index contributed by atoms with van der Waals surface area (Å²) in [4.78, 5) is 15.9. The van der Waals surface area contributed by atoms with Crippen molar-refractivity contribution in [3.05, 3.63) is 11.1 Å². The molecule has 0 aliphatic heterocycles. The first-order valence-corrected chi connectivity index (χ1v) is 6.21. The highest BCUT2D eigenvalue weighted by atomic mass is 32.1. The molecule has 1 amide bonds. The Hall–Kier alpha value is -1.45. The van der Waals surface area contributed by atoms with E-state index in [-0.39, 0.29) is 12.0 Å². The number of nitrogens with one attached hydrogen (secondary N) is 1. The molecule has 1 N–H and O–H groups in total. The number of anilines is 1. The van der Waals surface area contributed by atoms with Crippen molar-refractivity contribution in [1.29, 1.82) is 5.26 Å². The molecule has 0 atom stereocenters. The van der Waals surface area contributed by atoms with Gasteiger partial charge in [-0.15, -0.1) is 0 Å². The Bertz CT molecular complexity index is 409. The first-order chi connectivity index (χ1) is 8.11. The SMILES string of the molecule is CC(C)OCCCC(=O)Nc1ncc(C#N)s1. The number of carbonyl (C=O) groups excluding carboxylic acids is 1. The zero-order chi connectivity index (χ0) is 12.7. The van der Waals surface area contributed by atoms with E-state index in [0.717, 1.165) is 0 Å². The zero-order valence-electron chi connectivity index (χ0n) is 9.90. The summed E-state index contributed by atoms with van der Waals surface area (Å²) in [6, 6.07) is 1.97. The molecule has 0 spiro atoms. The smallest absolute Gasteiger partial charge is 0.226 e. The molecule has 0 unspecified atom stereocenters. The summed E-state index contributed by atoms with van der Waals surface area (Å²) in [6.45, 7) is 4.49. The Kier molecular flexibility index (Phi) is 5.60. The number of rotatable bonds is 6. The molecule has 0 saturated carbocycles. The van der Waals surface area contributed by atoms with Crippen LogP contribution in [0.5, 0.6) is 0 Å². The molecule has 0 bridgehead atoms. The van der Waals surface area contributed by atoms with Crippen LogP contribution in [0.15, 0.2) is 6.20 Å². The number of amides is 1. The molecule has 0 radical (unpaired) electrons. The number of hydrogen-bond acceptors (Lipinski definition) is 5. The van der Waals surface area contributed by atoms with Gasteiger partial charge in [0.25, 0.3) is 0 Å². The number of nitrogens with zero attached hydrogens (tertiary/aromatic N) is 2. The number of carbonyl (C=O) groups is 1. The van der Waals surface area contributed by atoms with E-state index in [4.69, 9.17) is 10.00 Å². The Morgan fingerprint density at radius 3 is 3.06 bits per heavy atom. The third-order valence-electron chi connectivity index (χ3n) is 1.86. The summed E-state index contributed by atoms with van der Waals surface area (Å²) in [5.74, 6) is -0.101. The van der Waals surface area contributed by atoms with E-state index in [1.54, 1.807) is 0 Å². The van der Waals surface area contributed by atoms with Crippen LogP contribution in [0.25, 0.3) is 0 Å². The topological polar surface area (TPSA) is 75.0 Å². The second-order valence-electron chi connectivity index (χ2n) is 3.71. The van der Waals surface area contributed by atoms with Crippen LogP contribution < -0.4 is 5.32 Å². The molecule has 92 valence electrons. The average molecular weight is 253 g/mol. The second-order valence-corrected chi connectivity index (χ2v) is 4.74. The van der Waals surface area contributed by atoms with Gasteiger partial charge in [0.05, 0.1) is 12.3 Å². The quantitative estimate of drug-likeness (QED) is 0.788. The number of thiazole rings is 1. The molecular formula is C11H15N3O2S. The van der Waals surface area contributed by atoms with Gasteiger partial charge >= 0.3 is 0 Å². The Morgan fingerprint density at radius 1 is 1.71 bits per heavy atom. The molecule has 1 heterocycles. The zero-order valence-corrected chi connectivity index (χ0v) is 10.7. The van der Waals surface area contributed by atoms with E-state index >= 15 is 0 Å². The molecule has 17 heavy (non-hydrogen) atoms. The third-order valence-corrected chi connectivity index (χ3v) is 2.68. The number of hydrogen-bond donors (Lipinski definition) is 1. The van der Waals surface area contributed by atoms with Crippen molar-refractivity contribution in [3.8, 4) is 6.07 Å². The van der Waals surface area contributed by atoms with Gasteiger partial charge in [0.1, 0.15) is 10.9 Å². The van der Waals surface area contributed by atoms with Crippen LogP contribution in [0.2, 0.25) is 0 Å². The monoisotopic (exact) mass is 253 g/mol. The maximum atomic E-state index is 11.5. The molecule has 1 aromatic heterocycles. The highest BCUT2D eigenvalue weighted by Gasteiger charge is 2.06. The van der Waals surface area contributed by atoms with Crippen molar-refractivity contribution in [2.75, 3.05) is 11.9 Å². The van der Waals surface area contributed by atoms with Crippen LogP contribution in [0.1, 0.15) is 31.6 Å². The summed E-state index contributed by atoms with van der Waals surface area (Å²) in [6.07, 6.45) is 2.71. The molecule has 0 aromatic carbocycles. The first-order valence-electron chi connectivity index (χ1n) is 5.39. The van der Waals surface area contributed by atoms with Gasteiger partial charge in [-0.3, -0.25) is 4.79 Å². The summed E-state index contributed by atoms with van der Waals surface area (Å²) in [5.41, 5.74) is 0. The summed E-state index contributed by atoms with van der Waals surface area (Å²) >= 11 is 1.17. The number of ether oxygens (including phenoxy) is 1. The van der Waals surface area contributed by atoms with E-state index in [1.165, 1.54) is 17.5 Å². The van der Waals surface area contributed by atoms with Gasteiger partial charge in [0.2, 0.25) is 5.91 Å². The maximum Gasteiger partial charge on any atom is 0.226 e. The van der Waals surface area contributed by atoms with Gasteiger partial charge in [-0.05, 0) is 20.3 Å². The highest BCUT2D eigenvalue weighted by Crippen LogP contribution is 2.16. The summed E-state index contributed by atoms with van der Waals surface area (Å²) in [7, 11) is 0. The van der Waals surface area contributed by atoms with Crippen LogP contribution in [0, 0.1) is 11.3 Å². The predicted molar refractivity (Wildman–Crippen MR) is 65.8 cm³/mol. The van der Waals surface area contributed by atoms with Crippen molar-refractivity contribution >= 4 is 22.4 Å². The fraction of sp³-hybridized carbons (Fsp3) is 0.545. The number of aromatic nitrogens is 1. The largest absolute Gasteiger partial charge is 0.379 e. The lowest BCUT2D eigenvalue weighted by atomic mass is 10.3. The second kappa shape index (κ2) is 6.99. The first kappa shape index (κ1) is 13.6. The van der Waals surface area contributed by atoms with Gasteiger partial charge in [-0.2, -0.15) is 5.26 Å². The maximum absolute atomic E-state index is 11.5. The van der Waals surface area contributed by atoms with Crippen molar-refractivity contribution in [2.24, 2.45) is 0 Å². The van der Waals surface area contributed by atoms with Gasteiger partial charge in [-0.25, -0.2) is 4.98 Å². The fourth-order valence-corrected chi connectivity index (χ4v) is 1.75. The Labute approximate surface area is 104 Å². The van der Waals surface area contributed by atoms with Crippen LogP contribution >= 0.6 is 11.3 Å². The molecule has 0 saturated heterocycles. The lowest BCUT2D eigenvalue weighted by Gasteiger charge is -2.06. The van der Waals surface area contributed by atoms with Crippen molar-refractivity contribution in [1.82, 2.24) is 4.98 Å². The Morgan fingerprint density at radius 2 is 2.47 bits per heavy atom. The lowest BCUT2D eigenvalue weighted by Crippen LogP contribution is -2.13. The van der Waals surface area contributed by atoms with Crippen molar-refractivity contribution < 1.29 is 9.53 Å². The molecule has 1 rings (SSSR count). The van der Waals surface area contributed by atoms with E-state index in [2.05, 4.69) is 10.3 Å². The lowest BCUT2D eigenvalue weighted by molar-refractivity contribution is -0.116. The normalized spacial score (nSPS) is 10.2. The van der Waals surface area contributed by atoms with Crippen LogP contribution in [0.3, 0.4) is 0 Å². The minimum Gasteiger partial charge on any atom is -0.379 e. The van der Waals surface area contributed by atoms with Gasteiger partial charge in [0.15, 0.2) is 5.13 Å². The van der Waals surface area contributed by atoms with E-state index in [9.17, 15) is 4.79 Å². The van der Waals surface area contributed by atoms with Crippen LogP contribution in [0.4, 0.5) is 5.13 Å². The summed E-state index contributed by atoms with van der Waals surface area (Å²) in [5, 5.41) is 11.7. The average Bonchev–Trinajstić information content (AvgIpc) is 2.72. The fourth-order valence-electron chi connectivity index (χ4n) is 1.12. The Balaban J connectivity index is 2.23. The minimum atomic E-state index is -0.101. The van der Waals surface area contributed by atoms with Gasteiger partial charge in [0, 0.05) is 13.0 Å². The predicted octanol–water partition coefficient (Wildman–Crippen LogP) is 2.16. The molecule has 1 aromatic rings. The molecule has 0 fully saturated rings. The van der Waals surface area contributed by atoms with Gasteiger partial charge in [-0.1, -0.05) is 11.3 Å². The van der Waals surface area contributed by atoms with E-state index in [1.807, 2.05) is 19.9 Å². The molecule has 0 aliphatic carbocycles. The van der Waals surface area contributed by atoms with Crippen molar-refractivity contribution in [2.45, 2.75) is 32.8 Å². The molecular weight excluding hydrogens is 238 g/mol. The van der Waals surface area contributed by atoms with E-state index in [0.29, 0.717) is 29.5 Å². The van der Waals surface area contributed by atoms with Crippen molar-refractivity contribution in [3.63, 3.8) is 0 Å². The molecule has 0 aliphatic rings. The van der Waals surface area contributed by atoms with Crippen LogP contribution in [-0.2, 0) is 9.53 Å². The highest BCUT2D eigenvalue weighted by molar-refractivity contribution is 7.16. The van der Waals surface area contributed by atoms with Crippen LogP contribution in [-0.4, -0.2) is 23.6 Å². The standard InChI is InChI=1S/C11H15N3O2S/c1-8(2)16-5-3-4-10(15)14-11-13-7-9(6-12)17-11/h7-8H,3-5H2,1-2H3,(H,13,14,15). The molecule has 6 heteroatoms. The summed E-state index contributed by atoms with van der Waals surface area (Å²) < 4.78 is 5.33. The third kappa shape index (κ3) is 5.43. The number of nitriles is 1. The van der Waals surface area contributed by atoms with Gasteiger partial charge < -0.3 is 10.1 Å². The minimum absolute atomic E-state index is 0.101. The molecule has 5 nitrogen and oxygen atoms in total.